The van der Waals surface area contributed by atoms with Gasteiger partial charge < -0.3 is 5.11 Å². The largest absolute Gasteiger partial charge is 0.478 e. The number of hydrogen-bond donors (Lipinski definition) is 2. The minimum atomic E-state index is -3.92. The number of halogens is 1. The second-order valence-electron chi connectivity index (χ2n) is 3.70. The van der Waals surface area contributed by atoms with Crippen LogP contribution in [0.1, 0.15) is 15.4 Å². The fraction of sp³-hybridized carbons (Fsp3) is 0.0909. The first-order valence-electron chi connectivity index (χ1n) is 5.31. The second kappa shape index (κ2) is 5.65. The fourth-order valence-corrected chi connectivity index (χ4v) is 3.08. The lowest BCUT2D eigenvalue weighted by atomic mass is 10.2. The summed E-state index contributed by atoms with van der Waals surface area (Å²) in [5, 5.41) is 11.0. The highest BCUT2D eigenvalue weighted by Gasteiger charge is 2.19. The lowest BCUT2D eigenvalue weighted by Gasteiger charge is -2.06. The molecular formula is C11H9FN2O4S2. The zero-order valence-corrected chi connectivity index (χ0v) is 11.5. The Balaban J connectivity index is 2.25. The third-order valence-corrected chi connectivity index (χ3v) is 4.55. The van der Waals surface area contributed by atoms with Crippen molar-refractivity contribution in [1.29, 1.82) is 0 Å². The first-order chi connectivity index (χ1) is 9.40. The molecule has 0 spiro atoms. The van der Waals surface area contributed by atoms with Gasteiger partial charge in [0.25, 0.3) is 0 Å². The number of nitrogens with one attached hydrogen (secondary N) is 1. The number of sulfonamides is 1. The molecule has 0 saturated carbocycles. The summed E-state index contributed by atoms with van der Waals surface area (Å²) in [6, 6.07) is 2.59. The van der Waals surface area contributed by atoms with E-state index in [0.717, 1.165) is 18.2 Å². The predicted molar refractivity (Wildman–Crippen MR) is 69.5 cm³/mol. The summed E-state index contributed by atoms with van der Waals surface area (Å²) in [6.07, 6.45) is 1.54. The molecule has 1 aromatic carbocycles. The van der Waals surface area contributed by atoms with Gasteiger partial charge >= 0.3 is 5.97 Å². The lowest BCUT2D eigenvalue weighted by molar-refractivity contribution is 0.0691. The predicted octanol–water partition coefficient (Wildman–Crippen LogP) is 1.46. The molecule has 1 aromatic heterocycles. The quantitative estimate of drug-likeness (QED) is 0.870. The zero-order chi connectivity index (χ0) is 14.8. The summed E-state index contributed by atoms with van der Waals surface area (Å²) in [7, 11) is -3.92. The van der Waals surface area contributed by atoms with Crippen LogP contribution in [-0.4, -0.2) is 24.5 Å². The third-order valence-electron chi connectivity index (χ3n) is 2.38. The van der Waals surface area contributed by atoms with Gasteiger partial charge in [0.05, 0.1) is 17.0 Å². The van der Waals surface area contributed by atoms with Crippen molar-refractivity contribution in [2.45, 2.75) is 11.4 Å². The van der Waals surface area contributed by atoms with Gasteiger partial charge in [0.15, 0.2) is 0 Å². The number of aromatic nitrogens is 1. The van der Waals surface area contributed by atoms with E-state index >= 15 is 0 Å². The van der Waals surface area contributed by atoms with Crippen LogP contribution in [0.5, 0.6) is 0 Å². The van der Waals surface area contributed by atoms with Crippen LogP contribution in [0.4, 0.5) is 4.39 Å². The van der Waals surface area contributed by atoms with E-state index in [-0.39, 0.29) is 11.4 Å². The van der Waals surface area contributed by atoms with Crippen LogP contribution in [0.25, 0.3) is 0 Å². The van der Waals surface area contributed by atoms with E-state index in [2.05, 4.69) is 9.71 Å². The maximum Gasteiger partial charge on any atom is 0.338 e. The van der Waals surface area contributed by atoms with E-state index in [0.29, 0.717) is 5.01 Å². The first kappa shape index (κ1) is 14.6. The normalized spacial score (nSPS) is 11.4. The smallest absolute Gasteiger partial charge is 0.338 e. The minimum absolute atomic E-state index is 0.0141. The Labute approximate surface area is 118 Å². The summed E-state index contributed by atoms with van der Waals surface area (Å²) >= 11 is 1.28. The molecule has 0 fully saturated rings. The highest BCUT2D eigenvalue weighted by atomic mass is 32.2. The molecule has 0 radical (unpaired) electrons. The van der Waals surface area contributed by atoms with Gasteiger partial charge in [-0.2, -0.15) is 0 Å². The van der Waals surface area contributed by atoms with Crippen molar-refractivity contribution in [2.75, 3.05) is 0 Å². The standard InChI is InChI=1S/C11H9FN2O4S2/c12-9-2-1-7(5-8(9)11(15)16)20(17,18)14-6-10-13-3-4-19-10/h1-5,14H,6H2,(H,15,16). The molecule has 106 valence electrons. The zero-order valence-electron chi connectivity index (χ0n) is 9.91. The van der Waals surface area contributed by atoms with E-state index in [1.165, 1.54) is 17.5 Å². The van der Waals surface area contributed by atoms with Crippen molar-refractivity contribution in [3.05, 3.63) is 46.2 Å². The van der Waals surface area contributed by atoms with E-state index in [4.69, 9.17) is 5.11 Å². The van der Waals surface area contributed by atoms with E-state index < -0.39 is 27.4 Å². The van der Waals surface area contributed by atoms with Crippen LogP contribution in [0.3, 0.4) is 0 Å². The van der Waals surface area contributed by atoms with Gasteiger partial charge in [-0.15, -0.1) is 11.3 Å². The topological polar surface area (TPSA) is 96.4 Å². The molecule has 0 bridgehead atoms. The van der Waals surface area contributed by atoms with Gasteiger partial charge in [-0.05, 0) is 18.2 Å². The molecule has 9 heteroatoms. The molecule has 2 rings (SSSR count). The summed E-state index contributed by atoms with van der Waals surface area (Å²) in [4.78, 5) is 14.4. The van der Waals surface area contributed by atoms with Crippen LogP contribution in [0.15, 0.2) is 34.7 Å². The highest BCUT2D eigenvalue weighted by molar-refractivity contribution is 7.89. The van der Waals surface area contributed by atoms with Gasteiger partial charge in [0.1, 0.15) is 10.8 Å². The van der Waals surface area contributed by atoms with Crippen LogP contribution < -0.4 is 4.72 Å². The molecule has 0 aliphatic carbocycles. The van der Waals surface area contributed by atoms with Crippen LogP contribution in [0, 0.1) is 5.82 Å². The number of benzene rings is 1. The van der Waals surface area contributed by atoms with Crippen LogP contribution in [-0.2, 0) is 16.6 Å². The summed E-state index contributed by atoms with van der Waals surface area (Å²) in [6.45, 7) is -0.0141. The lowest BCUT2D eigenvalue weighted by Crippen LogP contribution is -2.23. The Morgan fingerprint density at radius 1 is 1.45 bits per heavy atom. The van der Waals surface area contributed by atoms with Gasteiger partial charge in [0, 0.05) is 11.6 Å². The maximum atomic E-state index is 13.2. The number of rotatable bonds is 5. The average molecular weight is 316 g/mol. The molecule has 0 unspecified atom stereocenters. The number of carbonyl (C=O) groups is 1. The number of thiazole rings is 1. The molecular weight excluding hydrogens is 307 g/mol. The molecule has 2 N–H and O–H groups in total. The maximum absolute atomic E-state index is 13.2. The summed E-state index contributed by atoms with van der Waals surface area (Å²) in [5.74, 6) is -2.52. The van der Waals surface area contributed by atoms with Crippen molar-refractivity contribution in [3.63, 3.8) is 0 Å². The third kappa shape index (κ3) is 3.18. The fourth-order valence-electron chi connectivity index (χ4n) is 1.42. The van der Waals surface area contributed by atoms with Crippen LogP contribution >= 0.6 is 11.3 Å². The van der Waals surface area contributed by atoms with Crippen molar-refractivity contribution >= 4 is 27.3 Å². The molecule has 0 atom stereocenters. The second-order valence-corrected chi connectivity index (χ2v) is 6.44. The van der Waals surface area contributed by atoms with Crippen molar-refractivity contribution in [1.82, 2.24) is 9.71 Å². The summed E-state index contributed by atoms with van der Waals surface area (Å²) < 4.78 is 39.4. The van der Waals surface area contributed by atoms with E-state index in [1.807, 2.05) is 0 Å². The van der Waals surface area contributed by atoms with Crippen molar-refractivity contribution < 1.29 is 22.7 Å². The molecule has 0 amide bonds. The Kier molecular flexibility index (Phi) is 4.12. The number of carboxylic acid groups (broad SMARTS) is 1. The molecule has 0 saturated heterocycles. The molecule has 1 heterocycles. The SMILES string of the molecule is O=C(O)c1cc(S(=O)(=O)NCc2nccs2)ccc1F. The van der Waals surface area contributed by atoms with Crippen LogP contribution in [0.2, 0.25) is 0 Å². The Bertz CT molecular complexity index is 729. The van der Waals surface area contributed by atoms with E-state index in [9.17, 15) is 17.6 Å². The first-order valence-corrected chi connectivity index (χ1v) is 7.67. The average Bonchev–Trinajstić information content (AvgIpc) is 2.89. The minimum Gasteiger partial charge on any atom is -0.478 e. The van der Waals surface area contributed by atoms with Gasteiger partial charge in [0.2, 0.25) is 10.0 Å². The Hall–Kier alpha value is -1.84. The summed E-state index contributed by atoms with van der Waals surface area (Å²) in [5.41, 5.74) is -0.692. The number of aromatic carboxylic acids is 1. The van der Waals surface area contributed by atoms with Gasteiger partial charge in [-0.1, -0.05) is 0 Å². The number of hydrogen-bond acceptors (Lipinski definition) is 5. The monoisotopic (exact) mass is 316 g/mol. The molecule has 2 aromatic rings. The van der Waals surface area contributed by atoms with E-state index in [1.54, 1.807) is 5.38 Å². The molecule has 6 nitrogen and oxygen atoms in total. The molecule has 0 aliphatic rings. The number of carboxylic acids is 1. The van der Waals surface area contributed by atoms with Crippen molar-refractivity contribution in [2.24, 2.45) is 0 Å². The molecule has 0 aliphatic heterocycles. The van der Waals surface area contributed by atoms with Gasteiger partial charge in [-0.25, -0.2) is 27.3 Å². The number of nitrogens with zero attached hydrogens (tertiary/aromatic N) is 1. The Morgan fingerprint density at radius 3 is 2.80 bits per heavy atom. The highest BCUT2D eigenvalue weighted by Crippen LogP contribution is 2.16. The van der Waals surface area contributed by atoms with Crippen molar-refractivity contribution in [3.8, 4) is 0 Å². The van der Waals surface area contributed by atoms with Gasteiger partial charge in [-0.3, -0.25) is 0 Å². The molecule has 20 heavy (non-hydrogen) atoms. The Morgan fingerprint density at radius 2 is 2.20 bits per heavy atom.